The first-order chi connectivity index (χ1) is 12.1. The van der Waals surface area contributed by atoms with E-state index in [0.717, 1.165) is 41.7 Å². The summed E-state index contributed by atoms with van der Waals surface area (Å²) in [7, 11) is 0. The Balaban J connectivity index is 1.58. The Bertz CT molecular complexity index is 793. The maximum absolute atomic E-state index is 12.8. The van der Waals surface area contributed by atoms with Crippen molar-refractivity contribution in [2.24, 2.45) is 0 Å². The molecule has 3 heterocycles. The first-order valence-corrected chi connectivity index (χ1v) is 8.73. The van der Waals surface area contributed by atoms with Crippen LogP contribution in [0.4, 0.5) is 0 Å². The predicted molar refractivity (Wildman–Crippen MR) is 90.7 cm³/mol. The second-order valence-corrected chi connectivity index (χ2v) is 6.73. The largest absolute Gasteiger partial charge is 0.493 e. The van der Waals surface area contributed by atoms with Crippen LogP contribution in [0.5, 0.6) is 5.75 Å². The molecule has 0 aliphatic carbocycles. The monoisotopic (exact) mass is 342 g/mol. The molecule has 2 atom stereocenters. The predicted octanol–water partition coefficient (Wildman–Crippen LogP) is 3.40. The lowest BCUT2D eigenvalue weighted by molar-refractivity contribution is 0.0846. The van der Waals surface area contributed by atoms with Crippen LogP contribution in [-0.4, -0.2) is 24.1 Å². The van der Waals surface area contributed by atoms with E-state index in [2.05, 4.69) is 22.4 Å². The Morgan fingerprint density at radius 1 is 1.24 bits per heavy atom. The SMILES string of the molecule is Cc1cc(C)c2c(c1)[C@@H](NC(=O)c1ncoc1[C@H]1CCCO1)CCO2. The first-order valence-electron chi connectivity index (χ1n) is 8.73. The Kier molecular flexibility index (Phi) is 4.21. The molecule has 0 bridgehead atoms. The number of benzene rings is 1. The zero-order valence-electron chi connectivity index (χ0n) is 14.5. The van der Waals surface area contributed by atoms with Gasteiger partial charge in [-0.25, -0.2) is 4.98 Å². The summed E-state index contributed by atoms with van der Waals surface area (Å²) in [5, 5.41) is 3.10. The third-order valence-electron chi connectivity index (χ3n) is 4.81. The summed E-state index contributed by atoms with van der Waals surface area (Å²) < 4.78 is 16.9. The molecule has 25 heavy (non-hydrogen) atoms. The number of rotatable bonds is 3. The number of fused-ring (bicyclic) bond motifs is 1. The molecule has 0 saturated carbocycles. The van der Waals surface area contributed by atoms with Crippen LogP contribution in [0.2, 0.25) is 0 Å². The zero-order chi connectivity index (χ0) is 17.4. The maximum Gasteiger partial charge on any atom is 0.274 e. The van der Waals surface area contributed by atoms with Gasteiger partial charge in [-0.05, 0) is 32.3 Å². The second-order valence-electron chi connectivity index (χ2n) is 6.73. The summed E-state index contributed by atoms with van der Waals surface area (Å²) in [6.45, 7) is 5.36. The number of nitrogens with one attached hydrogen (secondary N) is 1. The molecule has 2 aliphatic heterocycles. The van der Waals surface area contributed by atoms with Gasteiger partial charge in [0.15, 0.2) is 17.8 Å². The molecule has 0 unspecified atom stereocenters. The average Bonchev–Trinajstić information content (AvgIpc) is 3.26. The highest BCUT2D eigenvalue weighted by molar-refractivity contribution is 5.93. The lowest BCUT2D eigenvalue weighted by atomic mass is 9.95. The van der Waals surface area contributed by atoms with Crippen molar-refractivity contribution in [2.45, 2.75) is 45.3 Å². The summed E-state index contributed by atoms with van der Waals surface area (Å²) in [5.41, 5.74) is 3.60. The molecule has 6 heteroatoms. The van der Waals surface area contributed by atoms with Gasteiger partial charge < -0.3 is 19.2 Å². The highest BCUT2D eigenvalue weighted by atomic mass is 16.5. The summed E-state index contributed by atoms with van der Waals surface area (Å²) in [5.74, 6) is 1.18. The van der Waals surface area contributed by atoms with Crippen molar-refractivity contribution >= 4 is 5.91 Å². The molecule has 1 amide bonds. The molecular formula is C19H22N2O4. The van der Waals surface area contributed by atoms with Crippen LogP contribution in [0, 0.1) is 13.8 Å². The number of carbonyl (C=O) groups excluding carboxylic acids is 1. The van der Waals surface area contributed by atoms with Gasteiger partial charge in [0.05, 0.1) is 12.6 Å². The number of nitrogens with zero attached hydrogens (tertiary/aromatic N) is 1. The first kappa shape index (κ1) is 16.1. The van der Waals surface area contributed by atoms with Crippen molar-refractivity contribution in [2.75, 3.05) is 13.2 Å². The number of oxazole rings is 1. The minimum atomic E-state index is -0.226. The molecule has 2 aliphatic rings. The van der Waals surface area contributed by atoms with Gasteiger partial charge in [-0.15, -0.1) is 0 Å². The molecule has 132 valence electrons. The van der Waals surface area contributed by atoms with Crippen LogP contribution < -0.4 is 10.1 Å². The Morgan fingerprint density at radius 3 is 2.92 bits per heavy atom. The number of ether oxygens (including phenoxy) is 2. The second kappa shape index (κ2) is 6.52. The number of aromatic nitrogens is 1. The van der Waals surface area contributed by atoms with Gasteiger partial charge in [0, 0.05) is 18.6 Å². The topological polar surface area (TPSA) is 73.6 Å². The van der Waals surface area contributed by atoms with Gasteiger partial charge in [0.2, 0.25) is 0 Å². The smallest absolute Gasteiger partial charge is 0.274 e. The number of hydrogen-bond acceptors (Lipinski definition) is 5. The van der Waals surface area contributed by atoms with E-state index in [1.165, 1.54) is 6.39 Å². The molecule has 1 aromatic heterocycles. The van der Waals surface area contributed by atoms with E-state index in [1.807, 2.05) is 13.8 Å². The number of amides is 1. The lowest BCUT2D eigenvalue weighted by Gasteiger charge is -2.28. The van der Waals surface area contributed by atoms with Gasteiger partial charge in [0.25, 0.3) is 5.91 Å². The van der Waals surface area contributed by atoms with Gasteiger partial charge in [-0.1, -0.05) is 17.7 Å². The molecule has 6 nitrogen and oxygen atoms in total. The van der Waals surface area contributed by atoms with Crippen molar-refractivity contribution in [1.29, 1.82) is 0 Å². The van der Waals surface area contributed by atoms with Crippen molar-refractivity contribution in [3.63, 3.8) is 0 Å². The molecule has 1 fully saturated rings. The fourth-order valence-corrected chi connectivity index (χ4v) is 3.69. The summed E-state index contributed by atoms with van der Waals surface area (Å²) in [6.07, 6.45) is 3.70. The number of aryl methyl sites for hydroxylation is 2. The van der Waals surface area contributed by atoms with Gasteiger partial charge >= 0.3 is 0 Å². The van der Waals surface area contributed by atoms with Crippen LogP contribution in [-0.2, 0) is 4.74 Å². The standard InChI is InChI=1S/C19H22N2O4/c1-11-8-12(2)17-13(9-11)14(5-7-24-17)21-19(22)16-18(25-10-20-16)15-4-3-6-23-15/h8-10,14-15H,3-7H2,1-2H3,(H,21,22)/t14-,15+/m0/s1. The highest BCUT2D eigenvalue weighted by Crippen LogP contribution is 2.36. The number of hydrogen-bond donors (Lipinski definition) is 1. The molecule has 1 saturated heterocycles. The molecule has 0 spiro atoms. The van der Waals surface area contributed by atoms with Crippen molar-refractivity contribution in [3.05, 3.63) is 46.7 Å². The average molecular weight is 342 g/mol. The third-order valence-corrected chi connectivity index (χ3v) is 4.81. The van der Waals surface area contributed by atoms with Crippen LogP contribution in [0.15, 0.2) is 22.9 Å². The molecular weight excluding hydrogens is 320 g/mol. The van der Waals surface area contributed by atoms with E-state index in [-0.39, 0.29) is 18.1 Å². The molecule has 4 rings (SSSR count). The minimum Gasteiger partial charge on any atom is -0.493 e. The normalized spacial score (nSPS) is 22.3. The maximum atomic E-state index is 12.8. The third kappa shape index (κ3) is 3.02. The quantitative estimate of drug-likeness (QED) is 0.925. The van der Waals surface area contributed by atoms with E-state index in [4.69, 9.17) is 13.9 Å². The Hall–Kier alpha value is -2.34. The molecule has 2 aromatic rings. The van der Waals surface area contributed by atoms with Crippen LogP contribution >= 0.6 is 0 Å². The van der Waals surface area contributed by atoms with E-state index in [9.17, 15) is 4.79 Å². The molecule has 1 N–H and O–H groups in total. The fourth-order valence-electron chi connectivity index (χ4n) is 3.69. The molecule has 0 radical (unpaired) electrons. The van der Waals surface area contributed by atoms with E-state index >= 15 is 0 Å². The fraction of sp³-hybridized carbons (Fsp3) is 0.474. The van der Waals surface area contributed by atoms with Crippen LogP contribution in [0.1, 0.15) is 64.3 Å². The molecule has 1 aromatic carbocycles. The lowest BCUT2D eigenvalue weighted by Crippen LogP contribution is -2.33. The van der Waals surface area contributed by atoms with Crippen LogP contribution in [0.3, 0.4) is 0 Å². The van der Waals surface area contributed by atoms with E-state index in [0.29, 0.717) is 24.7 Å². The van der Waals surface area contributed by atoms with Gasteiger partial charge in [0.1, 0.15) is 11.9 Å². The summed E-state index contributed by atoms with van der Waals surface area (Å²) in [6, 6.07) is 4.08. The zero-order valence-corrected chi connectivity index (χ0v) is 14.5. The van der Waals surface area contributed by atoms with Crippen molar-refractivity contribution < 1.29 is 18.7 Å². The number of carbonyl (C=O) groups is 1. The minimum absolute atomic E-state index is 0.0936. The summed E-state index contributed by atoms with van der Waals surface area (Å²) >= 11 is 0. The van der Waals surface area contributed by atoms with E-state index in [1.54, 1.807) is 0 Å². The Morgan fingerprint density at radius 2 is 2.12 bits per heavy atom. The van der Waals surface area contributed by atoms with Crippen molar-refractivity contribution in [1.82, 2.24) is 10.3 Å². The van der Waals surface area contributed by atoms with Gasteiger partial charge in [-0.3, -0.25) is 4.79 Å². The Labute approximate surface area is 146 Å². The highest BCUT2D eigenvalue weighted by Gasteiger charge is 2.31. The van der Waals surface area contributed by atoms with E-state index < -0.39 is 0 Å². The van der Waals surface area contributed by atoms with Crippen LogP contribution in [0.25, 0.3) is 0 Å². The van der Waals surface area contributed by atoms with Crippen molar-refractivity contribution in [3.8, 4) is 5.75 Å². The van der Waals surface area contributed by atoms with Gasteiger partial charge in [-0.2, -0.15) is 0 Å². The summed E-state index contributed by atoms with van der Waals surface area (Å²) in [4.78, 5) is 16.9.